The van der Waals surface area contributed by atoms with Crippen molar-refractivity contribution in [1.29, 1.82) is 5.26 Å². The topological polar surface area (TPSA) is 53.3 Å². The number of carbonyl (C=O) groups is 1. The Kier molecular flexibility index (Phi) is 5.13. The molecule has 4 heteroatoms. The largest absolute Gasteiger partial charge is 0.469 e. The summed E-state index contributed by atoms with van der Waals surface area (Å²) in [7, 11) is 1.44. The second-order valence-electron chi connectivity index (χ2n) is 3.92. The summed E-state index contributed by atoms with van der Waals surface area (Å²) in [5.74, 6) is -0.0641. The van der Waals surface area contributed by atoms with Gasteiger partial charge in [-0.05, 0) is 32.4 Å². The smallest absolute Gasteiger partial charge is 0.309 e. The lowest BCUT2D eigenvalue weighted by atomic mass is 9.98. The maximum atomic E-state index is 11.3. The van der Waals surface area contributed by atoms with Crippen molar-refractivity contribution in [3.63, 3.8) is 0 Å². The molecular formula is C11H18N2O2. The zero-order valence-corrected chi connectivity index (χ0v) is 9.24. The van der Waals surface area contributed by atoms with E-state index in [1.54, 1.807) is 0 Å². The van der Waals surface area contributed by atoms with E-state index in [-0.39, 0.29) is 11.9 Å². The molecule has 0 N–H and O–H groups in total. The summed E-state index contributed by atoms with van der Waals surface area (Å²) in [5.41, 5.74) is 0. The predicted octanol–water partition coefficient (Wildman–Crippen LogP) is 1.18. The van der Waals surface area contributed by atoms with Crippen LogP contribution < -0.4 is 0 Å². The molecule has 1 atom stereocenters. The minimum Gasteiger partial charge on any atom is -0.469 e. The van der Waals surface area contributed by atoms with E-state index in [4.69, 9.17) is 10.00 Å². The van der Waals surface area contributed by atoms with E-state index in [9.17, 15) is 4.79 Å². The number of hydrogen-bond acceptors (Lipinski definition) is 4. The van der Waals surface area contributed by atoms with Crippen LogP contribution in [-0.4, -0.2) is 37.6 Å². The Bertz CT molecular complexity index is 247. The molecule has 1 aliphatic rings. The van der Waals surface area contributed by atoms with Gasteiger partial charge in [0.25, 0.3) is 0 Å². The number of methoxy groups -OCH3 is 1. The SMILES string of the molecule is COC(=O)C1CCCN(CCCC#N)C1. The average Bonchev–Trinajstić information content (AvgIpc) is 2.29. The van der Waals surface area contributed by atoms with Crippen molar-refractivity contribution in [1.82, 2.24) is 4.90 Å². The fourth-order valence-electron chi connectivity index (χ4n) is 2.00. The maximum absolute atomic E-state index is 11.3. The molecule has 15 heavy (non-hydrogen) atoms. The number of unbranched alkanes of at least 4 members (excludes halogenated alkanes) is 1. The van der Waals surface area contributed by atoms with Gasteiger partial charge in [-0.25, -0.2) is 0 Å². The third-order valence-corrected chi connectivity index (χ3v) is 2.80. The zero-order chi connectivity index (χ0) is 11.1. The highest BCUT2D eigenvalue weighted by molar-refractivity contribution is 5.72. The molecule has 1 heterocycles. The van der Waals surface area contributed by atoms with Crippen molar-refractivity contribution >= 4 is 5.97 Å². The van der Waals surface area contributed by atoms with E-state index < -0.39 is 0 Å². The number of hydrogen-bond donors (Lipinski definition) is 0. The number of ether oxygens (including phenoxy) is 1. The Morgan fingerprint density at radius 2 is 2.47 bits per heavy atom. The van der Waals surface area contributed by atoms with Crippen molar-refractivity contribution in [3.05, 3.63) is 0 Å². The van der Waals surface area contributed by atoms with Crippen LogP contribution >= 0.6 is 0 Å². The Morgan fingerprint density at radius 1 is 1.67 bits per heavy atom. The molecule has 0 radical (unpaired) electrons. The van der Waals surface area contributed by atoms with Gasteiger partial charge in [0, 0.05) is 13.0 Å². The maximum Gasteiger partial charge on any atom is 0.309 e. The number of carbonyl (C=O) groups excluding carboxylic acids is 1. The third-order valence-electron chi connectivity index (χ3n) is 2.80. The highest BCUT2D eigenvalue weighted by atomic mass is 16.5. The molecule has 0 bridgehead atoms. The first-order valence-electron chi connectivity index (χ1n) is 5.45. The summed E-state index contributed by atoms with van der Waals surface area (Å²) in [6, 6.07) is 2.13. The van der Waals surface area contributed by atoms with Crippen LogP contribution in [0.15, 0.2) is 0 Å². The lowest BCUT2D eigenvalue weighted by Crippen LogP contribution is -2.39. The summed E-state index contributed by atoms with van der Waals surface area (Å²) in [6.45, 7) is 2.75. The molecule has 0 aromatic heterocycles. The Morgan fingerprint density at radius 3 is 3.13 bits per heavy atom. The van der Waals surface area contributed by atoms with Crippen LogP contribution in [0.1, 0.15) is 25.7 Å². The van der Waals surface area contributed by atoms with Crippen molar-refractivity contribution in [2.45, 2.75) is 25.7 Å². The summed E-state index contributed by atoms with van der Waals surface area (Å²) < 4.78 is 4.75. The van der Waals surface area contributed by atoms with E-state index in [1.165, 1.54) is 7.11 Å². The summed E-state index contributed by atoms with van der Waals surface area (Å²) in [5, 5.41) is 8.43. The highest BCUT2D eigenvalue weighted by Crippen LogP contribution is 2.17. The van der Waals surface area contributed by atoms with Crippen LogP contribution in [0.3, 0.4) is 0 Å². The first-order chi connectivity index (χ1) is 7.27. The van der Waals surface area contributed by atoms with Gasteiger partial charge in [0.2, 0.25) is 0 Å². The molecule has 1 unspecified atom stereocenters. The van der Waals surface area contributed by atoms with Crippen molar-refractivity contribution in [2.24, 2.45) is 5.92 Å². The lowest BCUT2D eigenvalue weighted by molar-refractivity contribution is -0.147. The first kappa shape index (κ1) is 12.0. The third kappa shape index (κ3) is 3.88. The summed E-state index contributed by atoms with van der Waals surface area (Å²) in [4.78, 5) is 13.6. The van der Waals surface area contributed by atoms with Crippen molar-refractivity contribution in [2.75, 3.05) is 26.7 Å². The van der Waals surface area contributed by atoms with Gasteiger partial charge in [-0.15, -0.1) is 0 Å². The van der Waals surface area contributed by atoms with Gasteiger partial charge < -0.3 is 9.64 Å². The lowest BCUT2D eigenvalue weighted by Gasteiger charge is -2.30. The van der Waals surface area contributed by atoms with Crippen LogP contribution in [0, 0.1) is 17.2 Å². The van der Waals surface area contributed by atoms with E-state index in [0.717, 1.165) is 38.9 Å². The van der Waals surface area contributed by atoms with E-state index in [0.29, 0.717) is 6.42 Å². The highest BCUT2D eigenvalue weighted by Gasteiger charge is 2.25. The molecular weight excluding hydrogens is 192 g/mol. The second-order valence-corrected chi connectivity index (χ2v) is 3.92. The van der Waals surface area contributed by atoms with Crippen LogP contribution in [0.4, 0.5) is 0 Å². The first-order valence-corrected chi connectivity index (χ1v) is 5.45. The number of nitrogens with zero attached hydrogens (tertiary/aromatic N) is 2. The number of rotatable bonds is 4. The van der Waals surface area contributed by atoms with E-state index >= 15 is 0 Å². The Labute approximate surface area is 90.8 Å². The molecule has 0 saturated carbocycles. The van der Waals surface area contributed by atoms with Gasteiger partial charge in [0.15, 0.2) is 0 Å². The number of esters is 1. The molecule has 0 aromatic rings. The number of piperidine rings is 1. The van der Waals surface area contributed by atoms with Crippen molar-refractivity contribution < 1.29 is 9.53 Å². The molecule has 0 aromatic carbocycles. The Balaban J connectivity index is 2.29. The van der Waals surface area contributed by atoms with Crippen LogP contribution in [0.2, 0.25) is 0 Å². The molecule has 0 amide bonds. The Hall–Kier alpha value is -1.08. The summed E-state index contributed by atoms with van der Waals surface area (Å²) >= 11 is 0. The van der Waals surface area contributed by atoms with Gasteiger partial charge in [0.05, 0.1) is 19.1 Å². The van der Waals surface area contributed by atoms with Gasteiger partial charge >= 0.3 is 5.97 Å². The monoisotopic (exact) mass is 210 g/mol. The molecule has 1 aliphatic heterocycles. The molecule has 0 aliphatic carbocycles. The molecule has 1 fully saturated rings. The number of nitriles is 1. The van der Waals surface area contributed by atoms with E-state index in [2.05, 4.69) is 11.0 Å². The summed E-state index contributed by atoms with van der Waals surface area (Å²) in [6.07, 6.45) is 3.47. The van der Waals surface area contributed by atoms with Crippen molar-refractivity contribution in [3.8, 4) is 6.07 Å². The minimum absolute atomic E-state index is 0.0332. The molecule has 84 valence electrons. The van der Waals surface area contributed by atoms with Gasteiger partial charge in [-0.1, -0.05) is 0 Å². The average molecular weight is 210 g/mol. The normalized spacial score (nSPS) is 22.0. The van der Waals surface area contributed by atoms with Gasteiger partial charge in [-0.3, -0.25) is 4.79 Å². The predicted molar refractivity (Wildman–Crippen MR) is 56.0 cm³/mol. The van der Waals surface area contributed by atoms with Crippen LogP contribution in [0.25, 0.3) is 0 Å². The quantitative estimate of drug-likeness (QED) is 0.516. The molecule has 0 spiro atoms. The minimum atomic E-state index is -0.0972. The molecule has 4 nitrogen and oxygen atoms in total. The second kappa shape index (κ2) is 6.41. The van der Waals surface area contributed by atoms with Gasteiger partial charge in [0.1, 0.15) is 0 Å². The fraction of sp³-hybridized carbons (Fsp3) is 0.818. The van der Waals surface area contributed by atoms with Crippen LogP contribution in [-0.2, 0) is 9.53 Å². The fourth-order valence-corrected chi connectivity index (χ4v) is 2.00. The zero-order valence-electron chi connectivity index (χ0n) is 9.24. The van der Waals surface area contributed by atoms with Crippen LogP contribution in [0.5, 0.6) is 0 Å². The standard InChI is InChI=1S/C11H18N2O2/c1-15-11(14)10-5-4-8-13(9-10)7-3-2-6-12/h10H,2-5,7-9H2,1H3. The molecule has 1 rings (SSSR count). The van der Waals surface area contributed by atoms with Gasteiger partial charge in [-0.2, -0.15) is 5.26 Å². The number of likely N-dealkylation sites (tertiary alicyclic amines) is 1. The molecule has 1 saturated heterocycles. The van der Waals surface area contributed by atoms with E-state index in [1.807, 2.05) is 0 Å².